The summed E-state index contributed by atoms with van der Waals surface area (Å²) in [5, 5.41) is 0. The van der Waals surface area contributed by atoms with Crippen molar-refractivity contribution in [2.45, 2.75) is 45.2 Å². The first-order valence-electron chi connectivity index (χ1n) is 5.86. The molecule has 0 spiro atoms. The number of nitrogens with two attached hydrogens (primary N) is 1. The maximum atomic E-state index is 12.3. The summed E-state index contributed by atoms with van der Waals surface area (Å²) >= 11 is 0. The maximum Gasteiger partial charge on any atom is 0.270 e. The quantitative estimate of drug-likeness (QED) is 0.762. The van der Waals surface area contributed by atoms with Gasteiger partial charge >= 0.3 is 0 Å². The molecule has 0 aromatic carbocycles. The van der Waals surface area contributed by atoms with Crippen molar-refractivity contribution in [2.75, 3.05) is 5.73 Å². The fourth-order valence-corrected chi connectivity index (χ4v) is 2.50. The van der Waals surface area contributed by atoms with Gasteiger partial charge in [-0.05, 0) is 39.2 Å². The summed E-state index contributed by atoms with van der Waals surface area (Å²) in [6.07, 6.45) is 5.05. The summed E-state index contributed by atoms with van der Waals surface area (Å²) in [7, 11) is 0. The van der Waals surface area contributed by atoms with Crippen molar-refractivity contribution in [1.29, 1.82) is 0 Å². The third kappa shape index (κ3) is 1.92. The number of amides is 1. The molecule has 88 valence electrons. The van der Waals surface area contributed by atoms with Gasteiger partial charge in [0.2, 0.25) is 0 Å². The molecule has 1 amide bonds. The highest BCUT2D eigenvalue weighted by molar-refractivity contribution is 5.93. The van der Waals surface area contributed by atoms with Crippen molar-refractivity contribution < 1.29 is 4.79 Å². The van der Waals surface area contributed by atoms with Crippen LogP contribution >= 0.6 is 0 Å². The lowest BCUT2D eigenvalue weighted by molar-refractivity contribution is 0.0505. The molecule has 2 rings (SSSR count). The van der Waals surface area contributed by atoms with Crippen LogP contribution in [0.4, 0.5) is 5.69 Å². The van der Waals surface area contributed by atoms with Gasteiger partial charge in [0.15, 0.2) is 0 Å². The Morgan fingerprint density at radius 2 is 2.06 bits per heavy atom. The standard InChI is InChI=1S/C12H19N3O/c1-8-4-3-5-9(2)15(8)12(16)11-6-10(13)7-14-11/h6-9,14H,3-5,13H2,1-2H3/t8-,9+. The van der Waals surface area contributed by atoms with E-state index in [9.17, 15) is 4.79 Å². The van der Waals surface area contributed by atoms with E-state index >= 15 is 0 Å². The predicted molar refractivity (Wildman–Crippen MR) is 64.1 cm³/mol. The van der Waals surface area contributed by atoms with E-state index in [0.717, 1.165) is 12.8 Å². The molecule has 2 heterocycles. The molecule has 0 unspecified atom stereocenters. The van der Waals surface area contributed by atoms with E-state index < -0.39 is 0 Å². The summed E-state index contributed by atoms with van der Waals surface area (Å²) in [6.45, 7) is 4.22. The van der Waals surface area contributed by atoms with Crippen LogP contribution in [0.15, 0.2) is 12.3 Å². The van der Waals surface area contributed by atoms with Crippen LogP contribution in [0.5, 0.6) is 0 Å². The van der Waals surface area contributed by atoms with Crippen molar-refractivity contribution in [2.24, 2.45) is 0 Å². The van der Waals surface area contributed by atoms with Crippen molar-refractivity contribution >= 4 is 11.6 Å². The van der Waals surface area contributed by atoms with Crippen molar-refractivity contribution in [1.82, 2.24) is 9.88 Å². The minimum Gasteiger partial charge on any atom is -0.397 e. The Morgan fingerprint density at radius 1 is 1.44 bits per heavy atom. The van der Waals surface area contributed by atoms with Crippen LogP contribution in [0.1, 0.15) is 43.6 Å². The Bertz CT molecular complexity index is 375. The zero-order chi connectivity index (χ0) is 11.7. The molecule has 1 saturated heterocycles. The fourth-order valence-electron chi connectivity index (χ4n) is 2.50. The number of rotatable bonds is 1. The average Bonchev–Trinajstić information content (AvgIpc) is 2.64. The third-order valence-corrected chi connectivity index (χ3v) is 3.36. The second-order valence-electron chi connectivity index (χ2n) is 4.69. The van der Waals surface area contributed by atoms with E-state index in [1.807, 2.05) is 4.90 Å². The molecule has 3 N–H and O–H groups in total. The molecule has 0 aliphatic carbocycles. The van der Waals surface area contributed by atoms with E-state index in [0.29, 0.717) is 23.5 Å². The number of nitrogen functional groups attached to an aromatic ring is 1. The molecular formula is C12H19N3O. The molecule has 0 bridgehead atoms. The largest absolute Gasteiger partial charge is 0.397 e. The molecular weight excluding hydrogens is 202 g/mol. The maximum absolute atomic E-state index is 12.3. The van der Waals surface area contributed by atoms with Gasteiger partial charge in [-0.3, -0.25) is 4.79 Å². The van der Waals surface area contributed by atoms with E-state index in [1.54, 1.807) is 12.3 Å². The van der Waals surface area contributed by atoms with Crippen LogP contribution in [0, 0.1) is 0 Å². The second kappa shape index (κ2) is 4.20. The van der Waals surface area contributed by atoms with Gasteiger partial charge in [-0.25, -0.2) is 0 Å². The van der Waals surface area contributed by atoms with E-state index in [4.69, 9.17) is 5.73 Å². The fraction of sp³-hybridized carbons (Fsp3) is 0.583. The summed E-state index contributed by atoms with van der Waals surface area (Å²) in [6, 6.07) is 2.35. The summed E-state index contributed by atoms with van der Waals surface area (Å²) in [5.41, 5.74) is 6.82. The van der Waals surface area contributed by atoms with Gasteiger partial charge in [0, 0.05) is 24.0 Å². The van der Waals surface area contributed by atoms with Crippen LogP contribution in [0.25, 0.3) is 0 Å². The van der Waals surface area contributed by atoms with Crippen LogP contribution in [-0.2, 0) is 0 Å². The number of likely N-dealkylation sites (tertiary alicyclic amines) is 1. The monoisotopic (exact) mass is 221 g/mol. The summed E-state index contributed by atoms with van der Waals surface area (Å²) in [5.74, 6) is 0.0661. The molecule has 1 aliphatic heterocycles. The zero-order valence-electron chi connectivity index (χ0n) is 9.86. The molecule has 2 atom stereocenters. The highest BCUT2D eigenvalue weighted by Crippen LogP contribution is 2.24. The van der Waals surface area contributed by atoms with Crippen LogP contribution in [0.3, 0.4) is 0 Å². The zero-order valence-corrected chi connectivity index (χ0v) is 9.86. The van der Waals surface area contributed by atoms with E-state index in [1.165, 1.54) is 6.42 Å². The van der Waals surface area contributed by atoms with Gasteiger partial charge in [-0.2, -0.15) is 0 Å². The average molecular weight is 221 g/mol. The number of aromatic amines is 1. The molecule has 0 radical (unpaired) electrons. The normalized spacial score (nSPS) is 25.8. The van der Waals surface area contributed by atoms with Crippen molar-refractivity contribution in [3.05, 3.63) is 18.0 Å². The van der Waals surface area contributed by atoms with Gasteiger partial charge in [-0.15, -0.1) is 0 Å². The molecule has 1 fully saturated rings. The molecule has 4 heteroatoms. The Labute approximate surface area is 95.8 Å². The van der Waals surface area contributed by atoms with Crippen LogP contribution < -0.4 is 5.73 Å². The number of aromatic nitrogens is 1. The number of carbonyl (C=O) groups excluding carboxylic acids is 1. The van der Waals surface area contributed by atoms with E-state index in [2.05, 4.69) is 18.8 Å². The number of nitrogens with one attached hydrogen (secondary N) is 1. The number of carbonyl (C=O) groups is 1. The summed E-state index contributed by atoms with van der Waals surface area (Å²) < 4.78 is 0. The molecule has 1 aromatic heterocycles. The van der Waals surface area contributed by atoms with Gasteiger partial charge < -0.3 is 15.6 Å². The predicted octanol–water partition coefficient (Wildman–Crippen LogP) is 2.00. The minimum atomic E-state index is 0.0661. The Hall–Kier alpha value is -1.45. The smallest absolute Gasteiger partial charge is 0.270 e. The first-order valence-corrected chi connectivity index (χ1v) is 5.86. The van der Waals surface area contributed by atoms with Crippen molar-refractivity contribution in [3.63, 3.8) is 0 Å². The Kier molecular flexibility index (Phi) is 2.90. The first kappa shape index (κ1) is 11.0. The van der Waals surface area contributed by atoms with E-state index in [-0.39, 0.29) is 5.91 Å². The Morgan fingerprint density at radius 3 is 2.56 bits per heavy atom. The van der Waals surface area contributed by atoms with Crippen LogP contribution in [0.2, 0.25) is 0 Å². The number of nitrogens with zero attached hydrogens (tertiary/aromatic N) is 1. The molecule has 1 aromatic rings. The number of anilines is 1. The molecule has 16 heavy (non-hydrogen) atoms. The second-order valence-corrected chi connectivity index (χ2v) is 4.69. The molecule has 0 saturated carbocycles. The molecule has 1 aliphatic rings. The lowest BCUT2D eigenvalue weighted by atomic mass is 9.97. The van der Waals surface area contributed by atoms with Gasteiger partial charge in [0.1, 0.15) is 5.69 Å². The SMILES string of the molecule is C[C@@H]1CCC[C@H](C)N1C(=O)c1cc(N)c[nH]1. The number of hydrogen-bond donors (Lipinski definition) is 2. The number of piperidine rings is 1. The van der Waals surface area contributed by atoms with Crippen LogP contribution in [-0.4, -0.2) is 27.9 Å². The topological polar surface area (TPSA) is 62.1 Å². The summed E-state index contributed by atoms with van der Waals surface area (Å²) in [4.78, 5) is 17.2. The van der Waals surface area contributed by atoms with Gasteiger partial charge in [0.05, 0.1) is 0 Å². The highest BCUT2D eigenvalue weighted by atomic mass is 16.2. The highest BCUT2D eigenvalue weighted by Gasteiger charge is 2.30. The van der Waals surface area contributed by atoms with Gasteiger partial charge in [-0.1, -0.05) is 0 Å². The number of hydrogen-bond acceptors (Lipinski definition) is 2. The van der Waals surface area contributed by atoms with Gasteiger partial charge in [0.25, 0.3) is 5.91 Å². The third-order valence-electron chi connectivity index (χ3n) is 3.36. The van der Waals surface area contributed by atoms with Crippen molar-refractivity contribution in [3.8, 4) is 0 Å². The Balaban J connectivity index is 2.19. The minimum absolute atomic E-state index is 0.0661. The first-order chi connectivity index (χ1) is 7.59. The number of H-pyrrole nitrogens is 1. The lowest BCUT2D eigenvalue weighted by Gasteiger charge is -2.38. The lowest BCUT2D eigenvalue weighted by Crippen LogP contribution is -2.47. The molecule has 4 nitrogen and oxygen atoms in total.